The van der Waals surface area contributed by atoms with Crippen LogP contribution in [0.5, 0.6) is 5.75 Å². The van der Waals surface area contributed by atoms with E-state index in [1.165, 1.54) is 11.3 Å². The summed E-state index contributed by atoms with van der Waals surface area (Å²) in [4.78, 5) is 16.8. The van der Waals surface area contributed by atoms with Gasteiger partial charge in [0.05, 0.1) is 22.9 Å². The van der Waals surface area contributed by atoms with Gasteiger partial charge in [-0.25, -0.2) is 4.98 Å². The van der Waals surface area contributed by atoms with Crippen LogP contribution in [0.4, 0.5) is 10.8 Å². The Bertz CT molecular complexity index is 1100. The molecule has 1 aromatic carbocycles. The Kier molecular flexibility index (Phi) is 3.78. The Labute approximate surface area is 154 Å². The number of nitrogens with zero attached hydrogens (tertiary/aromatic N) is 2. The first-order chi connectivity index (χ1) is 12.5. The lowest BCUT2D eigenvalue weighted by Crippen LogP contribution is -2.22. The van der Waals surface area contributed by atoms with Crippen molar-refractivity contribution in [3.8, 4) is 11.8 Å². The van der Waals surface area contributed by atoms with E-state index in [-0.39, 0.29) is 17.6 Å². The minimum atomic E-state index is -0.137. The van der Waals surface area contributed by atoms with Gasteiger partial charge in [-0.2, -0.15) is 5.26 Å². The highest BCUT2D eigenvalue weighted by Gasteiger charge is 2.32. The van der Waals surface area contributed by atoms with Gasteiger partial charge >= 0.3 is 0 Å². The third-order valence-electron chi connectivity index (χ3n) is 4.72. The zero-order chi connectivity index (χ0) is 18.4. The van der Waals surface area contributed by atoms with Crippen molar-refractivity contribution in [1.82, 2.24) is 4.98 Å². The van der Waals surface area contributed by atoms with Crippen molar-refractivity contribution in [2.75, 3.05) is 18.2 Å². The smallest absolute Gasteiger partial charge is 0.225 e. The Hall–Kier alpha value is -3.11. The Morgan fingerprint density at radius 2 is 2.27 bits per heavy atom. The average Bonchev–Trinajstić information content (AvgIpc) is 2.99. The summed E-state index contributed by atoms with van der Waals surface area (Å²) < 4.78 is 6.21. The standard InChI is InChI=1S/C19H16N4O2S/c1-9-13(8-20)18(21)23-16-15-12(10-4-3-5-11(6-10)25-2)7-14(24)22-19(15)26-17(9)16/h3-6,12H,7H2,1-2H3,(H2,21,23)(H,22,24)/t12-/m0/s1. The van der Waals surface area contributed by atoms with Gasteiger partial charge in [0.15, 0.2) is 0 Å². The fourth-order valence-corrected chi connectivity index (χ4v) is 4.67. The van der Waals surface area contributed by atoms with Crippen molar-refractivity contribution in [2.45, 2.75) is 19.3 Å². The minimum Gasteiger partial charge on any atom is -0.497 e. The molecule has 0 unspecified atom stereocenters. The molecule has 6 nitrogen and oxygen atoms in total. The van der Waals surface area contributed by atoms with Gasteiger partial charge in [-0.1, -0.05) is 12.1 Å². The summed E-state index contributed by atoms with van der Waals surface area (Å²) in [7, 11) is 1.62. The lowest BCUT2D eigenvalue weighted by Gasteiger charge is -2.23. The van der Waals surface area contributed by atoms with Gasteiger partial charge in [0.1, 0.15) is 22.6 Å². The van der Waals surface area contributed by atoms with Gasteiger partial charge in [0, 0.05) is 17.9 Å². The number of aromatic nitrogens is 1. The van der Waals surface area contributed by atoms with Gasteiger partial charge in [-0.15, -0.1) is 11.3 Å². The SMILES string of the molecule is COc1cccc([C@@H]2CC(=O)Nc3sc4c(C)c(C#N)c(N)nc4c32)c1. The molecular weight excluding hydrogens is 348 g/mol. The number of benzene rings is 1. The van der Waals surface area contributed by atoms with Gasteiger partial charge in [-0.05, 0) is 30.2 Å². The molecule has 0 saturated carbocycles. The molecule has 130 valence electrons. The summed E-state index contributed by atoms with van der Waals surface area (Å²) in [5.74, 6) is 0.786. The molecule has 0 aliphatic carbocycles. The Morgan fingerprint density at radius 1 is 1.46 bits per heavy atom. The highest BCUT2D eigenvalue weighted by atomic mass is 32.1. The Balaban J connectivity index is 1.99. The molecule has 3 aromatic rings. The van der Waals surface area contributed by atoms with E-state index >= 15 is 0 Å². The number of aryl methyl sites for hydroxylation is 1. The molecule has 3 heterocycles. The molecule has 0 fully saturated rings. The maximum Gasteiger partial charge on any atom is 0.225 e. The quantitative estimate of drug-likeness (QED) is 0.724. The maximum absolute atomic E-state index is 12.3. The lowest BCUT2D eigenvalue weighted by atomic mass is 9.86. The normalized spacial score (nSPS) is 16.0. The van der Waals surface area contributed by atoms with Crippen LogP contribution in [0.15, 0.2) is 24.3 Å². The molecule has 0 bridgehead atoms. The van der Waals surface area contributed by atoms with E-state index < -0.39 is 0 Å². The molecule has 1 amide bonds. The fraction of sp³-hybridized carbons (Fsp3) is 0.211. The fourth-order valence-electron chi connectivity index (χ4n) is 3.45. The topological polar surface area (TPSA) is 101 Å². The maximum atomic E-state index is 12.3. The van der Waals surface area contributed by atoms with E-state index in [1.54, 1.807) is 7.11 Å². The van der Waals surface area contributed by atoms with Crippen molar-refractivity contribution in [3.63, 3.8) is 0 Å². The van der Waals surface area contributed by atoms with Crippen molar-refractivity contribution in [2.24, 2.45) is 0 Å². The second-order valence-corrected chi connectivity index (χ2v) is 7.23. The average molecular weight is 364 g/mol. The van der Waals surface area contributed by atoms with Crippen molar-refractivity contribution in [1.29, 1.82) is 5.26 Å². The summed E-state index contributed by atoms with van der Waals surface area (Å²) in [5.41, 5.74) is 9.90. The van der Waals surface area contributed by atoms with Gasteiger partial charge < -0.3 is 15.8 Å². The van der Waals surface area contributed by atoms with E-state index in [9.17, 15) is 10.1 Å². The van der Waals surface area contributed by atoms with Crippen LogP contribution in [-0.4, -0.2) is 18.0 Å². The zero-order valence-corrected chi connectivity index (χ0v) is 15.1. The van der Waals surface area contributed by atoms with Gasteiger partial charge in [0.2, 0.25) is 5.91 Å². The van der Waals surface area contributed by atoms with Crippen LogP contribution in [0.1, 0.15) is 34.6 Å². The van der Waals surface area contributed by atoms with Crippen molar-refractivity contribution < 1.29 is 9.53 Å². The summed E-state index contributed by atoms with van der Waals surface area (Å²) in [5, 5.41) is 13.1. The van der Waals surface area contributed by atoms with E-state index in [0.717, 1.165) is 37.7 Å². The predicted molar refractivity (Wildman–Crippen MR) is 102 cm³/mol. The van der Waals surface area contributed by atoms with E-state index in [4.69, 9.17) is 10.5 Å². The molecule has 0 spiro atoms. The second-order valence-electron chi connectivity index (χ2n) is 6.21. The largest absolute Gasteiger partial charge is 0.497 e. The molecule has 1 aliphatic rings. The number of thiophene rings is 1. The molecule has 2 aromatic heterocycles. The molecule has 1 aliphatic heterocycles. The molecule has 4 rings (SSSR count). The summed E-state index contributed by atoms with van der Waals surface area (Å²) in [6.07, 6.45) is 0.326. The summed E-state index contributed by atoms with van der Waals surface area (Å²) >= 11 is 1.44. The number of nitriles is 1. The first kappa shape index (κ1) is 16.4. The number of nitrogens with two attached hydrogens (primary N) is 1. The van der Waals surface area contributed by atoms with E-state index in [2.05, 4.69) is 16.4 Å². The van der Waals surface area contributed by atoms with Crippen LogP contribution in [-0.2, 0) is 4.79 Å². The van der Waals surface area contributed by atoms with Crippen LogP contribution in [0.3, 0.4) is 0 Å². The molecule has 1 atom stereocenters. The first-order valence-corrected chi connectivity index (χ1v) is 8.91. The van der Waals surface area contributed by atoms with Crippen LogP contribution in [0.25, 0.3) is 10.2 Å². The third kappa shape index (κ3) is 2.38. The highest BCUT2D eigenvalue weighted by molar-refractivity contribution is 7.23. The number of pyridine rings is 1. The number of ether oxygens (including phenoxy) is 1. The number of hydrogen-bond acceptors (Lipinski definition) is 6. The first-order valence-electron chi connectivity index (χ1n) is 8.09. The molecule has 3 N–H and O–H groups in total. The number of carbonyl (C=O) groups is 1. The number of fused-ring (bicyclic) bond motifs is 3. The second kappa shape index (κ2) is 6.00. The molecular formula is C19H16N4O2S. The lowest BCUT2D eigenvalue weighted by molar-refractivity contribution is -0.116. The highest BCUT2D eigenvalue weighted by Crippen LogP contribution is 2.48. The van der Waals surface area contributed by atoms with E-state index in [1.807, 2.05) is 31.2 Å². The van der Waals surface area contributed by atoms with Crippen molar-refractivity contribution in [3.05, 3.63) is 46.5 Å². The number of amides is 1. The monoisotopic (exact) mass is 364 g/mol. The minimum absolute atomic E-state index is 0.0389. The molecule has 26 heavy (non-hydrogen) atoms. The van der Waals surface area contributed by atoms with Gasteiger partial charge in [-0.3, -0.25) is 4.79 Å². The van der Waals surface area contributed by atoms with Crippen LogP contribution < -0.4 is 15.8 Å². The number of carbonyl (C=O) groups excluding carboxylic acids is 1. The van der Waals surface area contributed by atoms with Crippen LogP contribution in [0.2, 0.25) is 0 Å². The summed E-state index contributed by atoms with van der Waals surface area (Å²) in [6, 6.07) is 9.83. The molecule has 0 saturated heterocycles. The number of hydrogen-bond donors (Lipinski definition) is 2. The van der Waals surface area contributed by atoms with Crippen molar-refractivity contribution >= 4 is 38.3 Å². The zero-order valence-electron chi connectivity index (χ0n) is 14.3. The van der Waals surface area contributed by atoms with Crippen LogP contribution >= 0.6 is 11.3 Å². The van der Waals surface area contributed by atoms with E-state index in [0.29, 0.717) is 12.0 Å². The number of rotatable bonds is 2. The van der Waals surface area contributed by atoms with Gasteiger partial charge in [0.25, 0.3) is 0 Å². The predicted octanol–water partition coefficient (Wildman–Crippen LogP) is 3.54. The van der Waals surface area contributed by atoms with Crippen LogP contribution in [0, 0.1) is 18.3 Å². The number of nitrogen functional groups attached to an aromatic ring is 1. The number of methoxy groups -OCH3 is 1. The molecule has 7 heteroatoms. The molecule has 0 radical (unpaired) electrons. The number of anilines is 2. The number of nitrogens with one attached hydrogen (secondary N) is 1. The summed E-state index contributed by atoms with van der Waals surface area (Å²) in [6.45, 7) is 1.86. The third-order valence-corrected chi connectivity index (χ3v) is 5.95. The Morgan fingerprint density at radius 3 is 3.00 bits per heavy atom.